The van der Waals surface area contributed by atoms with Crippen LogP contribution in [0, 0.1) is 13.8 Å². The van der Waals surface area contributed by atoms with Gasteiger partial charge in [0.1, 0.15) is 0 Å². The molecule has 0 heterocycles. The normalized spacial score (nSPS) is 12.4. The number of rotatable bonds is 6. The highest BCUT2D eigenvalue weighted by Gasteiger charge is 2.13. The van der Waals surface area contributed by atoms with Crippen LogP contribution < -0.4 is 5.32 Å². The maximum Gasteiger partial charge on any atom is 0.0178 e. The van der Waals surface area contributed by atoms with Crippen LogP contribution in [0.3, 0.4) is 0 Å². The lowest BCUT2D eigenvalue weighted by Crippen LogP contribution is -2.22. The van der Waals surface area contributed by atoms with Crippen LogP contribution in [0.2, 0.25) is 0 Å². The van der Waals surface area contributed by atoms with E-state index >= 15 is 0 Å². The number of nitrogens with one attached hydrogen (secondary N) is 1. The number of benzene rings is 2. The Balaban J connectivity index is 2.23. The molecule has 0 saturated heterocycles. The summed E-state index contributed by atoms with van der Waals surface area (Å²) in [6.07, 6.45) is 1.08. The van der Waals surface area contributed by atoms with E-state index in [1.165, 1.54) is 22.3 Å². The van der Waals surface area contributed by atoms with Crippen LogP contribution in [0.15, 0.2) is 46.9 Å². The second kappa shape index (κ2) is 7.77. The lowest BCUT2D eigenvalue weighted by molar-refractivity contribution is 0.594. The monoisotopic (exact) mass is 345 g/mol. The van der Waals surface area contributed by atoms with E-state index in [9.17, 15) is 0 Å². The van der Waals surface area contributed by atoms with E-state index in [4.69, 9.17) is 0 Å². The molecule has 2 aromatic carbocycles. The van der Waals surface area contributed by atoms with Crippen molar-refractivity contribution >= 4 is 15.9 Å². The van der Waals surface area contributed by atoms with Crippen molar-refractivity contribution in [1.82, 2.24) is 5.32 Å². The Morgan fingerprint density at radius 3 is 2.38 bits per heavy atom. The first-order chi connectivity index (χ1) is 10.1. The maximum absolute atomic E-state index is 3.59. The molecule has 0 aromatic heterocycles. The molecule has 0 amide bonds. The molecular weight excluding hydrogens is 322 g/mol. The maximum atomic E-state index is 3.59. The first-order valence-electron chi connectivity index (χ1n) is 7.62. The fourth-order valence-electron chi connectivity index (χ4n) is 2.86. The van der Waals surface area contributed by atoms with Crippen molar-refractivity contribution in [3.8, 4) is 0 Å². The van der Waals surface area contributed by atoms with Gasteiger partial charge < -0.3 is 5.32 Å². The zero-order valence-electron chi connectivity index (χ0n) is 13.1. The third-order valence-corrected chi connectivity index (χ3v) is 4.22. The zero-order chi connectivity index (χ0) is 15.2. The molecule has 1 atom stereocenters. The van der Waals surface area contributed by atoms with E-state index in [2.05, 4.69) is 84.5 Å². The molecule has 2 heteroatoms. The van der Waals surface area contributed by atoms with Crippen molar-refractivity contribution in [3.63, 3.8) is 0 Å². The molecule has 0 fully saturated rings. The summed E-state index contributed by atoms with van der Waals surface area (Å²) in [6, 6.07) is 15.5. The molecule has 21 heavy (non-hydrogen) atoms. The fourth-order valence-corrected chi connectivity index (χ4v) is 3.28. The largest absolute Gasteiger partial charge is 0.316 e. The van der Waals surface area contributed by atoms with Crippen LogP contribution >= 0.6 is 15.9 Å². The van der Waals surface area contributed by atoms with Crippen LogP contribution in [0.4, 0.5) is 0 Å². The van der Waals surface area contributed by atoms with Gasteiger partial charge in [0.15, 0.2) is 0 Å². The summed E-state index contributed by atoms with van der Waals surface area (Å²) in [5, 5.41) is 3.50. The van der Waals surface area contributed by atoms with Crippen molar-refractivity contribution in [2.45, 2.75) is 33.1 Å². The van der Waals surface area contributed by atoms with Crippen molar-refractivity contribution < 1.29 is 0 Å². The van der Waals surface area contributed by atoms with Gasteiger partial charge >= 0.3 is 0 Å². The second-order valence-electron chi connectivity index (χ2n) is 5.76. The molecule has 0 saturated carbocycles. The smallest absolute Gasteiger partial charge is 0.0178 e. The van der Waals surface area contributed by atoms with Gasteiger partial charge in [0.25, 0.3) is 0 Å². The minimum atomic E-state index is 0.503. The van der Waals surface area contributed by atoms with Gasteiger partial charge in [-0.3, -0.25) is 0 Å². The van der Waals surface area contributed by atoms with Crippen LogP contribution in [-0.4, -0.2) is 13.1 Å². The number of hydrogen-bond acceptors (Lipinski definition) is 1. The Labute approximate surface area is 136 Å². The number of hydrogen-bond donors (Lipinski definition) is 1. The Morgan fingerprint density at radius 2 is 1.76 bits per heavy atom. The molecule has 1 N–H and O–H groups in total. The number of halogens is 1. The summed E-state index contributed by atoms with van der Waals surface area (Å²) >= 11 is 3.59. The van der Waals surface area contributed by atoms with Gasteiger partial charge in [-0.2, -0.15) is 0 Å². The van der Waals surface area contributed by atoms with E-state index in [1.54, 1.807) is 0 Å². The predicted octanol–water partition coefficient (Wildman–Crippen LogP) is 5.00. The highest BCUT2D eigenvalue weighted by molar-refractivity contribution is 9.10. The third kappa shape index (κ3) is 4.98. The minimum absolute atomic E-state index is 0.503. The van der Waals surface area contributed by atoms with Crippen LogP contribution in [0.5, 0.6) is 0 Å². The van der Waals surface area contributed by atoms with Gasteiger partial charge in [-0.05, 0) is 50.1 Å². The summed E-state index contributed by atoms with van der Waals surface area (Å²) < 4.78 is 1.15. The van der Waals surface area contributed by atoms with E-state index in [0.29, 0.717) is 5.92 Å². The molecule has 0 spiro atoms. The third-order valence-electron chi connectivity index (χ3n) is 3.72. The van der Waals surface area contributed by atoms with Crippen molar-refractivity contribution in [2.24, 2.45) is 0 Å². The standard InChI is InChI=1S/C19H24BrN/c1-4-21-13-18(17-6-5-7-19(20)12-17)11-16-9-14(2)8-15(3)10-16/h5-10,12,18,21H,4,11,13H2,1-3H3. The van der Waals surface area contributed by atoms with E-state index in [1.807, 2.05) is 0 Å². The van der Waals surface area contributed by atoms with Gasteiger partial charge in [0.2, 0.25) is 0 Å². The van der Waals surface area contributed by atoms with Gasteiger partial charge in [-0.15, -0.1) is 0 Å². The Kier molecular flexibility index (Phi) is 6.01. The Hall–Kier alpha value is -1.12. The topological polar surface area (TPSA) is 12.0 Å². The van der Waals surface area contributed by atoms with Crippen LogP contribution in [0.25, 0.3) is 0 Å². The second-order valence-corrected chi connectivity index (χ2v) is 6.68. The van der Waals surface area contributed by atoms with Gasteiger partial charge in [-0.25, -0.2) is 0 Å². The zero-order valence-corrected chi connectivity index (χ0v) is 14.7. The molecular formula is C19H24BrN. The van der Waals surface area contributed by atoms with E-state index in [-0.39, 0.29) is 0 Å². The summed E-state index contributed by atoms with van der Waals surface area (Å²) in [5.41, 5.74) is 5.52. The minimum Gasteiger partial charge on any atom is -0.316 e. The molecule has 1 unspecified atom stereocenters. The Bertz CT molecular complexity index is 572. The summed E-state index contributed by atoms with van der Waals surface area (Å²) in [7, 11) is 0. The average molecular weight is 346 g/mol. The van der Waals surface area contributed by atoms with E-state index < -0.39 is 0 Å². The molecule has 112 valence electrons. The SMILES string of the molecule is CCNCC(Cc1cc(C)cc(C)c1)c1cccc(Br)c1. The lowest BCUT2D eigenvalue weighted by Gasteiger charge is -2.19. The number of likely N-dealkylation sites (N-methyl/N-ethyl adjacent to an activating group) is 1. The van der Waals surface area contributed by atoms with Gasteiger partial charge in [0.05, 0.1) is 0 Å². The average Bonchev–Trinajstić information content (AvgIpc) is 2.42. The summed E-state index contributed by atoms with van der Waals surface area (Å²) in [4.78, 5) is 0. The molecule has 2 rings (SSSR count). The summed E-state index contributed by atoms with van der Waals surface area (Å²) in [5.74, 6) is 0.503. The number of aryl methyl sites for hydroxylation is 2. The predicted molar refractivity (Wildman–Crippen MR) is 95.0 cm³/mol. The van der Waals surface area contributed by atoms with Gasteiger partial charge in [-0.1, -0.05) is 64.3 Å². The Morgan fingerprint density at radius 1 is 1.05 bits per heavy atom. The molecule has 0 bridgehead atoms. The van der Waals surface area contributed by atoms with Crippen LogP contribution in [0.1, 0.15) is 35.1 Å². The molecule has 0 aliphatic rings. The van der Waals surface area contributed by atoms with Crippen molar-refractivity contribution in [3.05, 3.63) is 69.2 Å². The molecule has 0 aliphatic heterocycles. The molecule has 1 nitrogen and oxygen atoms in total. The van der Waals surface area contributed by atoms with E-state index in [0.717, 1.165) is 24.0 Å². The highest BCUT2D eigenvalue weighted by Crippen LogP contribution is 2.24. The fraction of sp³-hybridized carbons (Fsp3) is 0.368. The van der Waals surface area contributed by atoms with Crippen molar-refractivity contribution in [2.75, 3.05) is 13.1 Å². The highest BCUT2D eigenvalue weighted by atomic mass is 79.9. The molecule has 0 aliphatic carbocycles. The summed E-state index contributed by atoms with van der Waals surface area (Å²) in [6.45, 7) is 8.54. The quantitative estimate of drug-likeness (QED) is 0.776. The lowest BCUT2D eigenvalue weighted by atomic mass is 9.90. The molecule has 2 aromatic rings. The first kappa shape index (κ1) is 16.3. The first-order valence-corrected chi connectivity index (χ1v) is 8.41. The molecule has 0 radical (unpaired) electrons. The van der Waals surface area contributed by atoms with Gasteiger partial charge in [0, 0.05) is 16.9 Å². The van der Waals surface area contributed by atoms with Crippen molar-refractivity contribution in [1.29, 1.82) is 0 Å². The van der Waals surface area contributed by atoms with Crippen LogP contribution in [-0.2, 0) is 6.42 Å².